The maximum Gasteiger partial charge on any atom is 0.333 e. The third kappa shape index (κ3) is 6.10. The van der Waals surface area contributed by atoms with E-state index < -0.39 is 11.6 Å². The Morgan fingerprint density at radius 1 is 0.795 bits per heavy atom. The smallest absolute Gasteiger partial charge is 0.333 e. The van der Waals surface area contributed by atoms with Gasteiger partial charge in [-0.15, -0.1) is 4.73 Å². The molecule has 0 radical (unpaired) electrons. The standard InChI is InChI=1S/C30H32N2O7/c1-31(2)24-12-6-21(7-13-24)30(36,22-8-14-25(37-3)15-9-22)23-10-16-26(17-11-23)38-20-4-5-29(35)39-32-27(33)18-19-28(32)34/h6-19,33-34,36H,4-5,20H2,1-3H3. The Bertz CT molecular complexity index is 1360. The summed E-state index contributed by atoms with van der Waals surface area (Å²) in [4.78, 5) is 18.9. The first-order valence-electron chi connectivity index (χ1n) is 12.4. The quantitative estimate of drug-likeness (QED) is 0.196. The van der Waals surface area contributed by atoms with Crippen molar-refractivity contribution in [3.8, 4) is 23.3 Å². The maximum atomic E-state index is 12.1. The molecule has 204 valence electrons. The molecule has 0 aliphatic heterocycles. The van der Waals surface area contributed by atoms with E-state index in [0.717, 1.165) is 5.69 Å². The Morgan fingerprint density at radius 2 is 1.28 bits per heavy atom. The summed E-state index contributed by atoms with van der Waals surface area (Å²) < 4.78 is 11.7. The topological polar surface area (TPSA) is 114 Å². The number of anilines is 1. The minimum absolute atomic E-state index is 0.0231. The highest BCUT2D eigenvalue weighted by Crippen LogP contribution is 2.38. The zero-order valence-electron chi connectivity index (χ0n) is 22.1. The van der Waals surface area contributed by atoms with Gasteiger partial charge in [0.2, 0.25) is 11.8 Å². The Hall–Kier alpha value is -4.63. The van der Waals surface area contributed by atoms with Crippen LogP contribution in [-0.4, -0.2) is 53.8 Å². The van der Waals surface area contributed by atoms with Crippen molar-refractivity contribution in [1.29, 1.82) is 0 Å². The molecule has 1 heterocycles. The zero-order chi connectivity index (χ0) is 28.0. The molecule has 0 bridgehead atoms. The van der Waals surface area contributed by atoms with Crippen LogP contribution in [0.4, 0.5) is 5.69 Å². The van der Waals surface area contributed by atoms with Crippen LogP contribution in [0.15, 0.2) is 84.9 Å². The zero-order valence-corrected chi connectivity index (χ0v) is 22.1. The van der Waals surface area contributed by atoms with Gasteiger partial charge in [-0.05, 0) is 59.5 Å². The lowest BCUT2D eigenvalue weighted by Crippen LogP contribution is -2.29. The minimum atomic E-state index is -1.42. The molecular formula is C30H32N2O7. The minimum Gasteiger partial charge on any atom is -0.497 e. The molecule has 1 aromatic heterocycles. The van der Waals surface area contributed by atoms with Crippen LogP contribution in [0.5, 0.6) is 23.3 Å². The molecule has 9 heteroatoms. The van der Waals surface area contributed by atoms with Gasteiger partial charge in [0.1, 0.15) is 17.1 Å². The lowest BCUT2D eigenvalue weighted by molar-refractivity contribution is -0.145. The number of carbonyl (C=O) groups is 1. The largest absolute Gasteiger partial charge is 0.497 e. The van der Waals surface area contributed by atoms with E-state index in [4.69, 9.17) is 14.3 Å². The van der Waals surface area contributed by atoms with Crippen molar-refractivity contribution < 1.29 is 34.4 Å². The van der Waals surface area contributed by atoms with Gasteiger partial charge in [0.25, 0.3) is 0 Å². The molecule has 0 spiro atoms. The second-order valence-corrected chi connectivity index (χ2v) is 9.16. The van der Waals surface area contributed by atoms with Crippen LogP contribution >= 0.6 is 0 Å². The lowest BCUT2D eigenvalue weighted by atomic mass is 9.80. The predicted octanol–water partition coefficient (Wildman–Crippen LogP) is 4.07. The summed E-state index contributed by atoms with van der Waals surface area (Å²) in [5.41, 5.74) is 1.66. The van der Waals surface area contributed by atoms with Gasteiger partial charge >= 0.3 is 5.97 Å². The van der Waals surface area contributed by atoms with E-state index >= 15 is 0 Å². The summed E-state index contributed by atoms with van der Waals surface area (Å²) in [6.07, 6.45) is 0.382. The Morgan fingerprint density at radius 3 is 1.77 bits per heavy atom. The molecule has 39 heavy (non-hydrogen) atoms. The van der Waals surface area contributed by atoms with Crippen LogP contribution in [0, 0.1) is 0 Å². The third-order valence-corrected chi connectivity index (χ3v) is 6.37. The van der Waals surface area contributed by atoms with Gasteiger partial charge in [0, 0.05) is 31.9 Å². The molecule has 0 saturated heterocycles. The lowest BCUT2D eigenvalue weighted by Gasteiger charge is -2.31. The molecule has 0 aliphatic carbocycles. The molecule has 3 aromatic carbocycles. The van der Waals surface area contributed by atoms with E-state index in [1.807, 2.05) is 79.7 Å². The Balaban J connectivity index is 1.46. The van der Waals surface area contributed by atoms with E-state index in [2.05, 4.69) is 0 Å². The fourth-order valence-electron chi connectivity index (χ4n) is 4.17. The average molecular weight is 533 g/mol. The Labute approximate surface area is 227 Å². The van der Waals surface area contributed by atoms with Gasteiger partial charge in [-0.2, -0.15) is 0 Å². The summed E-state index contributed by atoms with van der Waals surface area (Å²) in [5, 5.41) is 31.3. The summed E-state index contributed by atoms with van der Waals surface area (Å²) in [7, 11) is 5.52. The maximum absolute atomic E-state index is 12.1. The molecule has 0 fully saturated rings. The number of nitrogens with zero attached hydrogens (tertiary/aromatic N) is 2. The molecule has 0 amide bonds. The highest BCUT2D eigenvalue weighted by atomic mass is 16.7. The van der Waals surface area contributed by atoms with Gasteiger partial charge in [-0.1, -0.05) is 36.4 Å². The van der Waals surface area contributed by atoms with E-state index in [0.29, 0.717) is 39.3 Å². The van der Waals surface area contributed by atoms with Crippen LogP contribution in [0.25, 0.3) is 0 Å². The molecule has 0 saturated carbocycles. The molecule has 4 aromatic rings. The molecule has 9 nitrogen and oxygen atoms in total. The normalized spacial score (nSPS) is 12.4. The van der Waals surface area contributed by atoms with Crippen LogP contribution in [0.2, 0.25) is 0 Å². The van der Waals surface area contributed by atoms with Crippen LogP contribution < -0.4 is 19.2 Å². The predicted molar refractivity (Wildman–Crippen MR) is 146 cm³/mol. The highest BCUT2D eigenvalue weighted by Gasteiger charge is 2.34. The SMILES string of the molecule is COc1ccc(C(O)(c2ccc(OCCCC(=O)On3c(O)ccc3O)cc2)c2ccc(N(C)C)cc2)cc1. The fraction of sp³-hybridized carbons (Fsp3) is 0.233. The first-order chi connectivity index (χ1) is 18.7. The molecule has 1 unspecified atom stereocenters. The fourth-order valence-corrected chi connectivity index (χ4v) is 4.17. The van der Waals surface area contributed by atoms with Crippen molar-refractivity contribution in [2.45, 2.75) is 18.4 Å². The number of ether oxygens (including phenoxy) is 2. The number of hydrogen-bond acceptors (Lipinski definition) is 8. The summed E-state index contributed by atoms with van der Waals surface area (Å²) in [5.74, 6) is -0.104. The van der Waals surface area contributed by atoms with Gasteiger partial charge in [-0.25, -0.2) is 4.79 Å². The van der Waals surface area contributed by atoms with Crippen molar-refractivity contribution in [1.82, 2.24) is 4.73 Å². The first-order valence-corrected chi connectivity index (χ1v) is 12.4. The van der Waals surface area contributed by atoms with Gasteiger partial charge in [-0.3, -0.25) is 0 Å². The van der Waals surface area contributed by atoms with E-state index in [1.54, 1.807) is 19.2 Å². The van der Waals surface area contributed by atoms with Crippen LogP contribution in [-0.2, 0) is 10.4 Å². The number of aliphatic hydroxyl groups is 1. The number of hydrogen-bond donors (Lipinski definition) is 3. The molecule has 1 atom stereocenters. The van der Waals surface area contributed by atoms with Crippen molar-refractivity contribution >= 4 is 11.7 Å². The van der Waals surface area contributed by atoms with E-state index in [9.17, 15) is 20.1 Å². The van der Waals surface area contributed by atoms with Crippen molar-refractivity contribution in [3.63, 3.8) is 0 Å². The van der Waals surface area contributed by atoms with Crippen molar-refractivity contribution in [2.24, 2.45) is 0 Å². The number of aromatic nitrogens is 1. The summed E-state index contributed by atoms with van der Waals surface area (Å²) in [6.45, 7) is 0.243. The number of benzene rings is 3. The van der Waals surface area contributed by atoms with Crippen molar-refractivity contribution in [2.75, 3.05) is 32.7 Å². The van der Waals surface area contributed by atoms with Crippen LogP contribution in [0.3, 0.4) is 0 Å². The molecule has 4 rings (SSSR count). The number of methoxy groups -OCH3 is 1. The van der Waals surface area contributed by atoms with Gasteiger partial charge < -0.3 is 34.5 Å². The number of carbonyl (C=O) groups excluding carboxylic acids is 1. The highest BCUT2D eigenvalue weighted by molar-refractivity contribution is 5.69. The second-order valence-electron chi connectivity index (χ2n) is 9.16. The summed E-state index contributed by atoms with van der Waals surface area (Å²) >= 11 is 0. The number of rotatable bonds is 11. The Kier molecular flexibility index (Phi) is 8.31. The molecular weight excluding hydrogens is 500 g/mol. The van der Waals surface area contributed by atoms with E-state index in [-0.39, 0.29) is 24.8 Å². The van der Waals surface area contributed by atoms with Crippen LogP contribution in [0.1, 0.15) is 29.5 Å². The third-order valence-electron chi connectivity index (χ3n) is 6.37. The monoisotopic (exact) mass is 532 g/mol. The average Bonchev–Trinajstić information content (AvgIpc) is 3.27. The van der Waals surface area contributed by atoms with E-state index in [1.165, 1.54) is 12.1 Å². The van der Waals surface area contributed by atoms with Crippen molar-refractivity contribution in [3.05, 3.63) is 102 Å². The molecule has 0 aliphatic rings. The van der Waals surface area contributed by atoms with Gasteiger partial charge in [0.05, 0.1) is 20.1 Å². The first kappa shape index (κ1) is 27.4. The van der Waals surface area contributed by atoms with Gasteiger partial charge in [0.15, 0.2) is 0 Å². The molecule has 3 N–H and O–H groups in total. The second kappa shape index (κ2) is 11.8. The number of aromatic hydroxyl groups is 2. The summed E-state index contributed by atoms with van der Waals surface area (Å²) in [6, 6.07) is 24.7.